The number of amides is 1. The van der Waals surface area contributed by atoms with Gasteiger partial charge in [0.2, 0.25) is 11.4 Å². The van der Waals surface area contributed by atoms with Crippen molar-refractivity contribution in [1.82, 2.24) is 0 Å². The van der Waals surface area contributed by atoms with Crippen LogP contribution in [0, 0.1) is 0 Å². The van der Waals surface area contributed by atoms with Gasteiger partial charge in [0.25, 0.3) is 5.01 Å². The number of aryl methyl sites for hydroxylation is 1. The zero-order chi connectivity index (χ0) is 16.2. The molecule has 0 aliphatic carbocycles. The summed E-state index contributed by atoms with van der Waals surface area (Å²) < 4.78 is 3.52. The van der Waals surface area contributed by atoms with E-state index in [1.54, 1.807) is 23.2 Å². The highest BCUT2D eigenvalue weighted by atomic mass is 32.1. The van der Waals surface area contributed by atoms with E-state index in [0.29, 0.717) is 0 Å². The fourth-order valence-electron chi connectivity index (χ4n) is 2.60. The maximum atomic E-state index is 12.0. The molecular formula is C19H19N2OS+. The molecule has 1 heterocycles. The van der Waals surface area contributed by atoms with E-state index in [9.17, 15) is 4.79 Å². The second kappa shape index (κ2) is 6.75. The molecule has 0 fully saturated rings. The lowest BCUT2D eigenvalue weighted by Crippen LogP contribution is -2.33. The van der Waals surface area contributed by atoms with Crippen molar-refractivity contribution in [3.63, 3.8) is 0 Å². The number of hydrogen-bond donors (Lipinski definition) is 0. The first-order valence-corrected chi connectivity index (χ1v) is 8.46. The molecule has 0 bridgehead atoms. The first-order chi connectivity index (χ1) is 11.2. The third-order valence-electron chi connectivity index (χ3n) is 3.69. The summed E-state index contributed by atoms with van der Waals surface area (Å²) in [5, 5.41) is 1.14. The Bertz CT molecular complexity index is 852. The Kier molecular flexibility index (Phi) is 4.53. The lowest BCUT2D eigenvalue weighted by atomic mass is 10.3. The van der Waals surface area contributed by atoms with E-state index >= 15 is 0 Å². The predicted molar refractivity (Wildman–Crippen MR) is 96.3 cm³/mol. The lowest BCUT2D eigenvalue weighted by molar-refractivity contribution is -0.665. The maximum absolute atomic E-state index is 12.0. The summed E-state index contributed by atoms with van der Waals surface area (Å²) in [5.41, 5.74) is 2.11. The molecule has 3 aromatic rings. The summed E-state index contributed by atoms with van der Waals surface area (Å²) in [6.45, 7) is 4.61. The molecule has 23 heavy (non-hydrogen) atoms. The number of aromatic nitrogens is 1. The Hall–Kier alpha value is -2.46. The van der Waals surface area contributed by atoms with Crippen molar-refractivity contribution in [2.75, 3.05) is 4.90 Å². The van der Waals surface area contributed by atoms with Gasteiger partial charge in [0.05, 0.1) is 0 Å². The summed E-state index contributed by atoms with van der Waals surface area (Å²) >= 11 is 1.74. The molecule has 0 aliphatic heterocycles. The zero-order valence-corrected chi connectivity index (χ0v) is 14.1. The van der Waals surface area contributed by atoms with Crippen molar-refractivity contribution < 1.29 is 9.36 Å². The van der Waals surface area contributed by atoms with Crippen molar-refractivity contribution in [3.05, 3.63) is 65.8 Å². The van der Waals surface area contributed by atoms with Crippen LogP contribution >= 0.6 is 11.3 Å². The van der Waals surface area contributed by atoms with Gasteiger partial charge < -0.3 is 0 Å². The number of nitrogens with zero attached hydrogens (tertiary/aromatic N) is 2. The van der Waals surface area contributed by atoms with Gasteiger partial charge in [-0.25, -0.2) is 0 Å². The molecule has 0 aliphatic rings. The number of rotatable bonds is 4. The van der Waals surface area contributed by atoms with Crippen molar-refractivity contribution >= 4 is 39.2 Å². The standard InChI is InChI=1S/C19H19N2OS/c1-3-20-17-11-7-8-12-18(17)23-19(20)13-14-21(15(2)22)16-9-5-4-6-10-16/h4-14H,3H2,1-2H3/q+1. The molecule has 1 amide bonds. The second-order valence-electron chi connectivity index (χ2n) is 5.19. The summed E-state index contributed by atoms with van der Waals surface area (Å²) in [6.07, 6.45) is 3.87. The van der Waals surface area contributed by atoms with Crippen molar-refractivity contribution in [3.8, 4) is 0 Å². The van der Waals surface area contributed by atoms with Gasteiger partial charge in [-0.3, -0.25) is 9.69 Å². The number of thiazole rings is 1. The van der Waals surface area contributed by atoms with E-state index in [1.165, 1.54) is 10.2 Å². The quantitative estimate of drug-likeness (QED) is 0.659. The fourth-order valence-corrected chi connectivity index (χ4v) is 3.72. The average Bonchev–Trinajstić information content (AvgIpc) is 2.93. The van der Waals surface area contributed by atoms with Crippen LogP contribution in [0.3, 0.4) is 0 Å². The molecule has 0 atom stereocenters. The van der Waals surface area contributed by atoms with Crippen LogP contribution in [-0.4, -0.2) is 5.91 Å². The van der Waals surface area contributed by atoms with Gasteiger partial charge in [-0.15, -0.1) is 0 Å². The van der Waals surface area contributed by atoms with E-state index in [2.05, 4.69) is 35.8 Å². The number of carbonyl (C=O) groups is 1. The highest BCUT2D eigenvalue weighted by Crippen LogP contribution is 2.22. The average molecular weight is 323 g/mol. The maximum Gasteiger partial charge on any atom is 0.264 e. The van der Waals surface area contributed by atoms with Crippen LogP contribution in [-0.2, 0) is 11.3 Å². The largest absolute Gasteiger partial charge is 0.288 e. The summed E-state index contributed by atoms with van der Waals surface area (Å²) in [4.78, 5) is 13.6. The first-order valence-electron chi connectivity index (χ1n) is 7.65. The van der Waals surface area contributed by atoms with Gasteiger partial charge in [0.15, 0.2) is 0 Å². The molecular weight excluding hydrogens is 304 g/mol. The Morgan fingerprint density at radius 3 is 2.52 bits per heavy atom. The number of para-hydroxylation sites is 2. The van der Waals surface area contributed by atoms with Crippen molar-refractivity contribution in [2.24, 2.45) is 0 Å². The van der Waals surface area contributed by atoms with E-state index in [4.69, 9.17) is 0 Å². The highest BCUT2D eigenvalue weighted by Gasteiger charge is 2.17. The minimum absolute atomic E-state index is 0.00314. The summed E-state index contributed by atoms with van der Waals surface area (Å²) in [7, 11) is 0. The van der Waals surface area contributed by atoms with E-state index in [-0.39, 0.29) is 5.91 Å². The number of hydrogen-bond acceptors (Lipinski definition) is 2. The topological polar surface area (TPSA) is 24.2 Å². The van der Waals surface area contributed by atoms with Crippen molar-refractivity contribution in [2.45, 2.75) is 20.4 Å². The van der Waals surface area contributed by atoms with Gasteiger partial charge >= 0.3 is 0 Å². The zero-order valence-electron chi connectivity index (χ0n) is 13.3. The van der Waals surface area contributed by atoms with Crippen LogP contribution in [0.4, 0.5) is 5.69 Å². The normalized spacial score (nSPS) is 11.2. The Morgan fingerprint density at radius 1 is 1.13 bits per heavy atom. The van der Waals surface area contributed by atoms with Crippen LogP contribution in [0.25, 0.3) is 16.3 Å². The Morgan fingerprint density at radius 2 is 1.83 bits per heavy atom. The molecule has 2 aromatic carbocycles. The van der Waals surface area contributed by atoms with E-state index in [1.807, 2.05) is 42.6 Å². The number of benzene rings is 2. The minimum atomic E-state index is -0.00314. The first kappa shape index (κ1) is 15.4. The molecule has 3 rings (SSSR count). The smallest absolute Gasteiger partial charge is 0.264 e. The molecule has 0 spiro atoms. The Balaban J connectivity index is 1.99. The van der Waals surface area contributed by atoms with Gasteiger partial charge in [-0.1, -0.05) is 41.7 Å². The molecule has 0 radical (unpaired) electrons. The molecule has 0 saturated carbocycles. The molecule has 0 N–H and O–H groups in total. The van der Waals surface area contributed by atoms with Gasteiger partial charge in [-0.2, -0.15) is 4.57 Å². The molecule has 0 unspecified atom stereocenters. The number of carbonyl (C=O) groups excluding carboxylic acids is 1. The summed E-state index contributed by atoms with van der Waals surface area (Å²) in [5.74, 6) is -0.00314. The van der Waals surface area contributed by atoms with Crippen LogP contribution < -0.4 is 9.47 Å². The fraction of sp³-hybridized carbons (Fsp3) is 0.158. The Labute approximate surface area is 140 Å². The molecule has 4 heteroatoms. The molecule has 116 valence electrons. The van der Waals surface area contributed by atoms with Crippen LogP contribution in [0.15, 0.2) is 60.8 Å². The van der Waals surface area contributed by atoms with Crippen LogP contribution in [0.5, 0.6) is 0 Å². The minimum Gasteiger partial charge on any atom is -0.288 e. The second-order valence-corrected chi connectivity index (χ2v) is 6.25. The molecule has 0 saturated heterocycles. The number of anilines is 1. The van der Waals surface area contributed by atoms with E-state index < -0.39 is 0 Å². The monoisotopic (exact) mass is 323 g/mol. The number of fused-ring (bicyclic) bond motifs is 1. The highest BCUT2D eigenvalue weighted by molar-refractivity contribution is 7.18. The lowest BCUT2D eigenvalue weighted by Gasteiger charge is -2.15. The third-order valence-corrected chi connectivity index (χ3v) is 4.82. The van der Waals surface area contributed by atoms with Gasteiger partial charge in [0.1, 0.15) is 11.2 Å². The van der Waals surface area contributed by atoms with Gasteiger partial charge in [-0.05, 0) is 25.1 Å². The molecule has 1 aromatic heterocycles. The predicted octanol–water partition coefficient (Wildman–Crippen LogP) is 4.23. The van der Waals surface area contributed by atoms with Gasteiger partial charge in [0, 0.05) is 31.0 Å². The van der Waals surface area contributed by atoms with Crippen LogP contribution in [0.2, 0.25) is 0 Å². The summed E-state index contributed by atoms with van der Waals surface area (Å²) in [6, 6.07) is 18.1. The third kappa shape index (κ3) is 3.17. The van der Waals surface area contributed by atoms with Crippen molar-refractivity contribution in [1.29, 1.82) is 0 Å². The molecule has 3 nitrogen and oxygen atoms in total. The van der Waals surface area contributed by atoms with Crippen LogP contribution in [0.1, 0.15) is 18.9 Å². The van der Waals surface area contributed by atoms with E-state index in [0.717, 1.165) is 17.2 Å². The SMILES string of the molecule is CC[n+]1c(C=CN(C(C)=O)c2ccccc2)sc2ccccc21.